The van der Waals surface area contributed by atoms with Gasteiger partial charge in [0.2, 0.25) is 5.89 Å². The van der Waals surface area contributed by atoms with E-state index in [1.165, 1.54) is 0 Å². The molecule has 1 aromatic heterocycles. The van der Waals surface area contributed by atoms with Crippen molar-refractivity contribution in [3.05, 3.63) is 28.6 Å². The van der Waals surface area contributed by atoms with Gasteiger partial charge < -0.3 is 18.8 Å². The summed E-state index contributed by atoms with van der Waals surface area (Å²) in [5, 5.41) is 9.33. The molecule has 0 aliphatic carbocycles. The van der Waals surface area contributed by atoms with Crippen molar-refractivity contribution in [2.45, 2.75) is 38.0 Å². The van der Waals surface area contributed by atoms with Gasteiger partial charge in [0.25, 0.3) is 5.89 Å². The molecule has 0 N–H and O–H groups in total. The zero-order valence-corrected chi connectivity index (χ0v) is 16.5. The number of halogens is 1. The van der Waals surface area contributed by atoms with E-state index >= 15 is 0 Å². The van der Waals surface area contributed by atoms with E-state index in [9.17, 15) is 0 Å². The lowest BCUT2D eigenvalue weighted by atomic mass is 9.97. The van der Waals surface area contributed by atoms with Crippen molar-refractivity contribution < 1.29 is 13.9 Å². The molecule has 4 rings (SSSR count). The van der Waals surface area contributed by atoms with Crippen LogP contribution in [-0.4, -0.2) is 55.1 Å². The fourth-order valence-corrected chi connectivity index (χ4v) is 4.19. The Labute approximate surface area is 164 Å². The van der Waals surface area contributed by atoms with Crippen LogP contribution in [-0.2, 0) is 11.2 Å². The molecule has 27 heavy (non-hydrogen) atoms. The highest BCUT2D eigenvalue weighted by Crippen LogP contribution is 2.39. The first kappa shape index (κ1) is 18.7. The standard InChI is InChI=1S/C20H26ClN3O3/c1-25-10-3-7-24-8-5-14(6-9-24)19-22-23-20(27-19)17-13-16(21)12-15-4-2-11-26-18(15)17/h12-14H,2-11H2,1H3. The molecule has 2 aliphatic rings. The molecule has 0 unspecified atom stereocenters. The van der Waals surface area contributed by atoms with Gasteiger partial charge in [0.15, 0.2) is 0 Å². The Kier molecular flexibility index (Phi) is 5.95. The predicted octanol–water partition coefficient (Wildman–Crippen LogP) is 3.93. The summed E-state index contributed by atoms with van der Waals surface area (Å²) in [5.74, 6) is 2.40. The van der Waals surface area contributed by atoms with E-state index in [0.717, 1.165) is 81.1 Å². The number of piperidine rings is 1. The molecule has 2 aliphatic heterocycles. The van der Waals surface area contributed by atoms with Gasteiger partial charge >= 0.3 is 0 Å². The number of benzene rings is 1. The Morgan fingerprint density at radius 2 is 2.11 bits per heavy atom. The van der Waals surface area contributed by atoms with E-state index in [1.54, 1.807) is 7.11 Å². The number of hydrogen-bond acceptors (Lipinski definition) is 6. The van der Waals surface area contributed by atoms with Crippen molar-refractivity contribution >= 4 is 11.6 Å². The van der Waals surface area contributed by atoms with E-state index in [4.69, 9.17) is 25.5 Å². The minimum Gasteiger partial charge on any atom is -0.492 e. The SMILES string of the molecule is COCCCN1CCC(c2nnc(-c3cc(Cl)cc4c3OCCC4)o2)CC1. The molecule has 2 aromatic rings. The lowest BCUT2D eigenvalue weighted by Crippen LogP contribution is -2.34. The van der Waals surface area contributed by atoms with Gasteiger partial charge in [0, 0.05) is 31.2 Å². The summed E-state index contributed by atoms with van der Waals surface area (Å²) in [6.07, 6.45) is 5.12. The number of fused-ring (bicyclic) bond motifs is 1. The molecule has 0 spiro atoms. The van der Waals surface area contributed by atoms with E-state index in [-0.39, 0.29) is 0 Å². The lowest BCUT2D eigenvalue weighted by Gasteiger charge is -2.30. The summed E-state index contributed by atoms with van der Waals surface area (Å²) < 4.78 is 17.1. The lowest BCUT2D eigenvalue weighted by molar-refractivity contribution is 0.154. The maximum Gasteiger partial charge on any atom is 0.251 e. The average molecular weight is 392 g/mol. The molecular formula is C20H26ClN3O3. The van der Waals surface area contributed by atoms with Gasteiger partial charge in [-0.2, -0.15) is 0 Å². The second-order valence-electron chi connectivity index (χ2n) is 7.30. The molecule has 0 atom stereocenters. The number of methoxy groups -OCH3 is 1. The van der Waals surface area contributed by atoms with Crippen LogP contribution in [0.2, 0.25) is 5.02 Å². The first-order valence-electron chi connectivity index (χ1n) is 9.75. The van der Waals surface area contributed by atoms with Crippen molar-refractivity contribution in [1.82, 2.24) is 15.1 Å². The number of hydrogen-bond donors (Lipinski definition) is 0. The van der Waals surface area contributed by atoms with Crippen LogP contribution in [0.25, 0.3) is 11.5 Å². The van der Waals surface area contributed by atoms with Crippen LogP contribution < -0.4 is 4.74 Å². The highest BCUT2D eigenvalue weighted by molar-refractivity contribution is 6.31. The molecule has 1 saturated heterocycles. The van der Waals surface area contributed by atoms with Crippen LogP contribution in [0.15, 0.2) is 16.5 Å². The molecule has 1 fully saturated rings. The van der Waals surface area contributed by atoms with Gasteiger partial charge in [-0.15, -0.1) is 10.2 Å². The number of ether oxygens (including phenoxy) is 2. The second-order valence-corrected chi connectivity index (χ2v) is 7.74. The van der Waals surface area contributed by atoms with E-state index < -0.39 is 0 Å². The van der Waals surface area contributed by atoms with Crippen LogP contribution in [0.1, 0.15) is 43.1 Å². The van der Waals surface area contributed by atoms with Gasteiger partial charge in [0.05, 0.1) is 12.2 Å². The highest BCUT2D eigenvalue weighted by atomic mass is 35.5. The molecule has 0 bridgehead atoms. The normalized spacial score (nSPS) is 18.3. The van der Waals surface area contributed by atoms with Crippen LogP contribution in [0.4, 0.5) is 0 Å². The topological polar surface area (TPSA) is 60.6 Å². The fraction of sp³-hybridized carbons (Fsp3) is 0.600. The maximum absolute atomic E-state index is 6.30. The van der Waals surface area contributed by atoms with Gasteiger partial charge in [-0.3, -0.25) is 0 Å². The molecule has 7 heteroatoms. The number of nitrogens with zero attached hydrogens (tertiary/aromatic N) is 3. The number of rotatable bonds is 6. The summed E-state index contributed by atoms with van der Waals surface area (Å²) in [6.45, 7) is 4.73. The van der Waals surface area contributed by atoms with Crippen molar-refractivity contribution in [1.29, 1.82) is 0 Å². The number of aryl methyl sites for hydroxylation is 1. The van der Waals surface area contributed by atoms with Crippen molar-refractivity contribution in [3.63, 3.8) is 0 Å². The zero-order valence-electron chi connectivity index (χ0n) is 15.7. The van der Waals surface area contributed by atoms with E-state index in [1.807, 2.05) is 12.1 Å². The minimum atomic E-state index is 0.320. The smallest absolute Gasteiger partial charge is 0.251 e. The van der Waals surface area contributed by atoms with Gasteiger partial charge in [0.1, 0.15) is 5.75 Å². The summed E-state index contributed by atoms with van der Waals surface area (Å²) in [6, 6.07) is 3.83. The first-order chi connectivity index (χ1) is 13.2. The quantitative estimate of drug-likeness (QED) is 0.695. The van der Waals surface area contributed by atoms with Crippen molar-refractivity contribution in [2.24, 2.45) is 0 Å². The Balaban J connectivity index is 1.45. The molecule has 3 heterocycles. The highest BCUT2D eigenvalue weighted by Gasteiger charge is 2.27. The minimum absolute atomic E-state index is 0.320. The number of likely N-dealkylation sites (tertiary alicyclic amines) is 1. The molecule has 0 saturated carbocycles. The molecule has 146 valence electrons. The van der Waals surface area contributed by atoms with E-state index in [0.29, 0.717) is 23.4 Å². The van der Waals surface area contributed by atoms with Gasteiger partial charge in [-0.25, -0.2) is 0 Å². The maximum atomic E-state index is 6.30. The first-order valence-corrected chi connectivity index (χ1v) is 10.1. The third-order valence-corrected chi connectivity index (χ3v) is 5.62. The van der Waals surface area contributed by atoms with Crippen LogP contribution in [0.3, 0.4) is 0 Å². The summed E-state index contributed by atoms with van der Waals surface area (Å²) >= 11 is 6.30. The monoisotopic (exact) mass is 391 g/mol. The summed E-state index contributed by atoms with van der Waals surface area (Å²) in [7, 11) is 1.75. The molecular weight excluding hydrogens is 366 g/mol. The molecule has 0 amide bonds. The third kappa shape index (κ3) is 4.28. The Morgan fingerprint density at radius 3 is 2.93 bits per heavy atom. The van der Waals surface area contributed by atoms with Gasteiger partial charge in [-0.1, -0.05) is 11.6 Å². The van der Waals surface area contributed by atoms with E-state index in [2.05, 4.69) is 15.1 Å². The Morgan fingerprint density at radius 1 is 1.26 bits per heavy atom. The molecule has 6 nitrogen and oxygen atoms in total. The van der Waals surface area contributed by atoms with Crippen LogP contribution in [0.5, 0.6) is 5.75 Å². The fourth-order valence-electron chi connectivity index (χ4n) is 3.95. The molecule has 0 radical (unpaired) electrons. The molecule has 1 aromatic carbocycles. The zero-order chi connectivity index (χ0) is 18.6. The largest absolute Gasteiger partial charge is 0.492 e. The summed E-state index contributed by atoms with van der Waals surface area (Å²) in [5.41, 5.74) is 1.93. The third-order valence-electron chi connectivity index (χ3n) is 5.40. The van der Waals surface area contributed by atoms with Crippen LogP contribution >= 0.6 is 11.6 Å². The Hall–Kier alpha value is -1.63. The van der Waals surface area contributed by atoms with Crippen molar-refractivity contribution in [3.8, 4) is 17.2 Å². The number of aromatic nitrogens is 2. The van der Waals surface area contributed by atoms with Crippen LogP contribution in [0, 0.1) is 0 Å². The average Bonchev–Trinajstić information content (AvgIpc) is 3.18. The van der Waals surface area contributed by atoms with Gasteiger partial charge in [-0.05, 0) is 62.9 Å². The second kappa shape index (κ2) is 8.59. The Bertz CT molecular complexity index is 772. The summed E-state index contributed by atoms with van der Waals surface area (Å²) in [4.78, 5) is 2.48. The van der Waals surface area contributed by atoms with Crippen molar-refractivity contribution in [2.75, 3.05) is 40.0 Å². The predicted molar refractivity (Wildman–Crippen MR) is 103 cm³/mol.